The molecule has 1 N–H and O–H groups in total. The van der Waals surface area contributed by atoms with Crippen molar-refractivity contribution in [3.8, 4) is 0 Å². The first-order valence-corrected chi connectivity index (χ1v) is 7.87. The Hall–Kier alpha value is -0.690. The van der Waals surface area contributed by atoms with E-state index in [0.29, 0.717) is 5.92 Å². The third kappa shape index (κ3) is 3.38. The molecular formula is C10H15N3O2S2. The molecule has 0 saturated heterocycles. The molecule has 0 aromatic carbocycles. The molecule has 5 nitrogen and oxygen atoms in total. The van der Waals surface area contributed by atoms with Crippen molar-refractivity contribution < 1.29 is 9.90 Å². The number of carbonyl (C=O) groups is 1. The molecule has 7 heteroatoms. The minimum Gasteiger partial charge on any atom is -0.481 e. The summed E-state index contributed by atoms with van der Waals surface area (Å²) in [6.45, 7) is 0.863. The van der Waals surface area contributed by atoms with E-state index in [-0.39, 0.29) is 5.75 Å². The number of aromatic nitrogens is 3. The molecule has 1 aliphatic rings. The van der Waals surface area contributed by atoms with E-state index < -0.39 is 5.97 Å². The van der Waals surface area contributed by atoms with Crippen molar-refractivity contribution in [2.75, 3.05) is 17.8 Å². The maximum Gasteiger partial charge on any atom is 0.313 e. The average Bonchev–Trinajstić information content (AvgIpc) is 3.06. The van der Waals surface area contributed by atoms with Crippen LogP contribution in [0, 0.1) is 0 Å². The van der Waals surface area contributed by atoms with Crippen LogP contribution in [0.25, 0.3) is 0 Å². The molecule has 0 amide bonds. The lowest BCUT2D eigenvalue weighted by Crippen LogP contribution is -2.08. The summed E-state index contributed by atoms with van der Waals surface area (Å²) >= 11 is 3.02. The van der Waals surface area contributed by atoms with Crippen molar-refractivity contribution in [1.29, 1.82) is 0 Å². The minimum absolute atomic E-state index is 0.0437. The number of hydrogen-bond donors (Lipinski definition) is 1. The normalized spacial score (nSPS) is 15.1. The number of carboxylic acids is 1. The van der Waals surface area contributed by atoms with Crippen molar-refractivity contribution >= 4 is 29.5 Å². The molecule has 1 fully saturated rings. The van der Waals surface area contributed by atoms with Crippen molar-refractivity contribution in [3.05, 3.63) is 5.82 Å². The molecule has 1 aromatic heterocycles. The van der Waals surface area contributed by atoms with Gasteiger partial charge in [0.25, 0.3) is 0 Å². The minimum atomic E-state index is -0.817. The Kier molecular flexibility index (Phi) is 4.33. The molecular weight excluding hydrogens is 258 g/mol. The highest BCUT2D eigenvalue weighted by Gasteiger charge is 2.30. The van der Waals surface area contributed by atoms with Gasteiger partial charge in [0.15, 0.2) is 5.16 Å². The molecule has 0 radical (unpaired) electrons. The third-order valence-corrected chi connectivity index (χ3v) is 4.07. The molecule has 0 bridgehead atoms. The molecule has 2 rings (SSSR count). The van der Waals surface area contributed by atoms with E-state index in [0.717, 1.165) is 23.3 Å². The Morgan fingerprint density at radius 3 is 2.88 bits per heavy atom. The van der Waals surface area contributed by atoms with Crippen molar-refractivity contribution in [2.24, 2.45) is 0 Å². The van der Waals surface area contributed by atoms with Crippen LogP contribution >= 0.6 is 23.5 Å². The molecule has 1 heterocycles. The van der Waals surface area contributed by atoms with Crippen molar-refractivity contribution in [1.82, 2.24) is 14.8 Å². The van der Waals surface area contributed by atoms with Crippen LogP contribution in [-0.2, 0) is 11.3 Å². The van der Waals surface area contributed by atoms with Crippen LogP contribution in [0.4, 0.5) is 0 Å². The predicted molar refractivity (Wildman–Crippen MR) is 68.7 cm³/mol. The molecule has 94 valence electrons. The van der Waals surface area contributed by atoms with Crippen LogP contribution in [0.2, 0.25) is 0 Å². The van der Waals surface area contributed by atoms with Gasteiger partial charge in [-0.3, -0.25) is 4.79 Å². The lowest BCUT2D eigenvalue weighted by atomic mass is 10.4. The molecule has 0 atom stereocenters. The van der Waals surface area contributed by atoms with Gasteiger partial charge >= 0.3 is 5.97 Å². The van der Waals surface area contributed by atoms with Crippen molar-refractivity contribution in [2.45, 2.75) is 30.5 Å². The molecule has 0 aliphatic heterocycles. The van der Waals surface area contributed by atoms with Gasteiger partial charge in [-0.2, -0.15) is 11.8 Å². The summed E-state index contributed by atoms with van der Waals surface area (Å²) in [4.78, 5) is 10.6. The van der Waals surface area contributed by atoms with Gasteiger partial charge in [0.1, 0.15) is 5.82 Å². The zero-order valence-electron chi connectivity index (χ0n) is 9.63. The van der Waals surface area contributed by atoms with Crippen molar-refractivity contribution in [3.63, 3.8) is 0 Å². The van der Waals surface area contributed by atoms with Crippen LogP contribution in [-0.4, -0.2) is 43.6 Å². The van der Waals surface area contributed by atoms with E-state index in [2.05, 4.69) is 21.0 Å². The largest absolute Gasteiger partial charge is 0.481 e. The zero-order chi connectivity index (χ0) is 12.3. The first kappa shape index (κ1) is 12.8. The number of aliphatic carboxylic acids is 1. The van der Waals surface area contributed by atoms with Crippen LogP contribution in [0.5, 0.6) is 0 Å². The highest BCUT2D eigenvalue weighted by Crippen LogP contribution is 2.40. The van der Waals surface area contributed by atoms with Crippen LogP contribution in [0.3, 0.4) is 0 Å². The van der Waals surface area contributed by atoms with E-state index in [1.54, 1.807) is 11.8 Å². The molecule has 0 spiro atoms. The van der Waals surface area contributed by atoms with E-state index in [9.17, 15) is 4.79 Å². The fourth-order valence-corrected chi connectivity index (χ4v) is 2.63. The number of hydrogen-bond acceptors (Lipinski definition) is 5. The van der Waals surface area contributed by atoms with Gasteiger partial charge in [-0.1, -0.05) is 11.8 Å². The molecule has 1 aromatic rings. The van der Waals surface area contributed by atoms with E-state index in [1.165, 1.54) is 24.6 Å². The van der Waals surface area contributed by atoms with Crippen LogP contribution < -0.4 is 0 Å². The molecule has 1 saturated carbocycles. The number of carboxylic acid groups (broad SMARTS) is 1. The highest BCUT2D eigenvalue weighted by atomic mass is 32.2. The van der Waals surface area contributed by atoms with E-state index in [1.807, 2.05) is 0 Å². The molecule has 17 heavy (non-hydrogen) atoms. The highest BCUT2D eigenvalue weighted by molar-refractivity contribution is 7.99. The van der Waals surface area contributed by atoms with Crippen LogP contribution in [0.15, 0.2) is 5.16 Å². The topological polar surface area (TPSA) is 68.0 Å². The average molecular weight is 273 g/mol. The summed E-state index contributed by atoms with van der Waals surface area (Å²) in [6, 6.07) is 0. The van der Waals surface area contributed by atoms with Gasteiger partial charge < -0.3 is 9.67 Å². The molecule has 0 unspecified atom stereocenters. The summed E-state index contributed by atoms with van der Waals surface area (Å²) in [5, 5.41) is 17.7. The number of nitrogens with zero attached hydrogens (tertiary/aromatic N) is 3. The third-order valence-electron chi connectivity index (χ3n) is 2.53. The van der Waals surface area contributed by atoms with E-state index >= 15 is 0 Å². The van der Waals surface area contributed by atoms with Gasteiger partial charge in [-0.05, 0) is 19.1 Å². The first-order chi connectivity index (χ1) is 8.22. The summed E-state index contributed by atoms with van der Waals surface area (Å²) in [5.41, 5.74) is 0. The zero-order valence-corrected chi connectivity index (χ0v) is 11.3. The van der Waals surface area contributed by atoms with Gasteiger partial charge in [0.2, 0.25) is 0 Å². The monoisotopic (exact) mass is 273 g/mol. The summed E-state index contributed by atoms with van der Waals surface area (Å²) in [7, 11) is 0. The quantitative estimate of drug-likeness (QED) is 0.763. The van der Waals surface area contributed by atoms with Gasteiger partial charge in [0.05, 0.1) is 5.75 Å². The molecule has 1 aliphatic carbocycles. The summed E-state index contributed by atoms with van der Waals surface area (Å²) < 4.78 is 2.09. The first-order valence-electron chi connectivity index (χ1n) is 5.49. The smallest absolute Gasteiger partial charge is 0.313 e. The second kappa shape index (κ2) is 5.77. The predicted octanol–water partition coefficient (Wildman–Crippen LogP) is 1.70. The van der Waals surface area contributed by atoms with E-state index in [4.69, 9.17) is 5.11 Å². The fourth-order valence-electron chi connectivity index (χ4n) is 1.57. The SMILES string of the molecule is CSCCn1c(SCC(=O)O)nnc1C1CC1. The van der Waals surface area contributed by atoms with Crippen LogP contribution in [0.1, 0.15) is 24.6 Å². The second-order valence-electron chi connectivity index (χ2n) is 3.94. The Balaban J connectivity index is 2.09. The van der Waals surface area contributed by atoms with Gasteiger partial charge in [-0.15, -0.1) is 10.2 Å². The summed E-state index contributed by atoms with van der Waals surface area (Å²) in [6.07, 6.45) is 4.42. The Morgan fingerprint density at radius 1 is 1.53 bits per heavy atom. The lowest BCUT2D eigenvalue weighted by Gasteiger charge is -2.07. The Morgan fingerprint density at radius 2 is 2.29 bits per heavy atom. The number of thioether (sulfide) groups is 2. The van der Waals surface area contributed by atoms with Gasteiger partial charge in [0, 0.05) is 18.2 Å². The Bertz CT molecular complexity index is 404. The maximum absolute atomic E-state index is 10.6. The van der Waals surface area contributed by atoms with Gasteiger partial charge in [-0.25, -0.2) is 0 Å². The number of rotatable bonds is 7. The maximum atomic E-state index is 10.6. The Labute approximate surface area is 108 Å². The second-order valence-corrected chi connectivity index (χ2v) is 5.87. The lowest BCUT2D eigenvalue weighted by molar-refractivity contribution is -0.133. The standard InChI is InChI=1S/C10H15N3O2S2/c1-16-5-4-13-9(7-2-3-7)11-12-10(13)17-6-8(14)15/h7H,2-6H2,1H3,(H,14,15). The summed E-state index contributed by atoms with van der Waals surface area (Å²) in [5.74, 6) is 1.80. The fraction of sp³-hybridized carbons (Fsp3) is 0.700.